The highest BCUT2D eigenvalue weighted by Crippen LogP contribution is 2.24. The Bertz CT molecular complexity index is 382. The molecule has 0 unspecified atom stereocenters. The Labute approximate surface area is 91.4 Å². The third kappa shape index (κ3) is 3.64. The molecule has 0 spiro atoms. The molecule has 16 heavy (non-hydrogen) atoms. The van der Waals surface area contributed by atoms with Crippen molar-refractivity contribution in [2.45, 2.75) is 24.6 Å². The zero-order chi connectivity index (χ0) is 12.4. The van der Waals surface area contributed by atoms with Gasteiger partial charge in [0.1, 0.15) is 5.54 Å². The molecule has 0 aromatic heterocycles. The molecule has 0 amide bonds. The fraction of sp³-hybridized carbons (Fsp3) is 0.875. The largest absolute Gasteiger partial charge is 0.401 e. The van der Waals surface area contributed by atoms with Crippen LogP contribution in [0.5, 0.6) is 0 Å². The number of sulfone groups is 1. The first-order chi connectivity index (χ1) is 7.18. The first-order valence-electron chi connectivity index (χ1n) is 4.62. The number of nitrogens with one attached hydrogen (secondary N) is 1. The van der Waals surface area contributed by atoms with Gasteiger partial charge in [-0.25, -0.2) is 8.42 Å². The van der Waals surface area contributed by atoms with Crippen molar-refractivity contribution in [2.24, 2.45) is 0 Å². The molecule has 1 aliphatic rings. The zero-order valence-electron chi connectivity index (χ0n) is 8.34. The average molecular weight is 256 g/mol. The van der Waals surface area contributed by atoms with E-state index in [9.17, 15) is 21.6 Å². The van der Waals surface area contributed by atoms with Crippen LogP contribution in [0, 0.1) is 11.3 Å². The lowest BCUT2D eigenvalue weighted by molar-refractivity contribution is -0.127. The molecule has 0 atom stereocenters. The third-order valence-electron chi connectivity index (χ3n) is 2.52. The van der Waals surface area contributed by atoms with Gasteiger partial charge in [-0.15, -0.1) is 0 Å². The fourth-order valence-electron chi connectivity index (χ4n) is 1.48. The minimum Gasteiger partial charge on any atom is -0.291 e. The van der Waals surface area contributed by atoms with E-state index in [1.165, 1.54) is 0 Å². The Hall–Kier alpha value is -0.810. The van der Waals surface area contributed by atoms with Gasteiger partial charge in [0.05, 0.1) is 24.1 Å². The van der Waals surface area contributed by atoms with E-state index >= 15 is 0 Å². The normalized spacial score (nSPS) is 23.6. The molecule has 1 N–H and O–H groups in total. The Balaban J connectivity index is 2.65. The number of hydrogen-bond donors (Lipinski definition) is 1. The van der Waals surface area contributed by atoms with E-state index in [4.69, 9.17) is 5.26 Å². The van der Waals surface area contributed by atoms with Crippen LogP contribution in [-0.4, -0.2) is 38.2 Å². The molecule has 0 aromatic rings. The highest BCUT2D eigenvalue weighted by atomic mass is 32.2. The maximum atomic E-state index is 12.0. The fourth-order valence-corrected chi connectivity index (χ4v) is 3.01. The maximum absolute atomic E-state index is 12.0. The molecule has 4 nitrogen and oxygen atoms in total. The molecule has 92 valence electrons. The number of alkyl halides is 3. The summed E-state index contributed by atoms with van der Waals surface area (Å²) in [6.07, 6.45) is -4.59. The van der Waals surface area contributed by atoms with Gasteiger partial charge in [0, 0.05) is 0 Å². The van der Waals surface area contributed by atoms with E-state index in [-0.39, 0.29) is 24.3 Å². The Morgan fingerprint density at radius 2 is 1.81 bits per heavy atom. The van der Waals surface area contributed by atoms with Crippen molar-refractivity contribution in [3.8, 4) is 6.07 Å². The Morgan fingerprint density at radius 3 is 2.19 bits per heavy atom. The molecule has 1 heterocycles. The van der Waals surface area contributed by atoms with E-state index in [0.717, 1.165) is 0 Å². The summed E-state index contributed by atoms with van der Waals surface area (Å²) in [4.78, 5) is 0. The summed E-state index contributed by atoms with van der Waals surface area (Å²) in [5.41, 5.74) is -1.36. The predicted molar refractivity (Wildman–Crippen MR) is 50.3 cm³/mol. The topological polar surface area (TPSA) is 70.0 Å². The van der Waals surface area contributed by atoms with Gasteiger partial charge in [0.15, 0.2) is 9.84 Å². The quantitative estimate of drug-likeness (QED) is 0.785. The summed E-state index contributed by atoms with van der Waals surface area (Å²) < 4.78 is 58.1. The van der Waals surface area contributed by atoms with Gasteiger partial charge in [-0.3, -0.25) is 5.32 Å². The molecule has 8 heteroatoms. The summed E-state index contributed by atoms with van der Waals surface area (Å²) in [5, 5.41) is 10.9. The highest BCUT2D eigenvalue weighted by molar-refractivity contribution is 7.91. The number of nitriles is 1. The van der Waals surface area contributed by atoms with Crippen molar-refractivity contribution < 1.29 is 21.6 Å². The summed E-state index contributed by atoms with van der Waals surface area (Å²) in [6, 6.07) is 1.75. The van der Waals surface area contributed by atoms with Crippen molar-refractivity contribution >= 4 is 9.84 Å². The third-order valence-corrected chi connectivity index (χ3v) is 4.17. The molecule has 1 rings (SSSR count). The lowest BCUT2D eigenvalue weighted by Gasteiger charge is -2.31. The van der Waals surface area contributed by atoms with Crippen LogP contribution in [0.3, 0.4) is 0 Å². The number of halogens is 3. The summed E-state index contributed by atoms with van der Waals surface area (Å²) >= 11 is 0. The monoisotopic (exact) mass is 256 g/mol. The van der Waals surface area contributed by atoms with E-state index in [1.807, 2.05) is 0 Å². The average Bonchev–Trinajstić information content (AvgIpc) is 2.16. The lowest BCUT2D eigenvalue weighted by Crippen LogP contribution is -2.52. The van der Waals surface area contributed by atoms with Crippen molar-refractivity contribution in [3.63, 3.8) is 0 Å². The molecule has 0 radical (unpaired) electrons. The number of hydrogen-bond acceptors (Lipinski definition) is 4. The smallest absolute Gasteiger partial charge is 0.291 e. The first kappa shape index (κ1) is 13.3. The van der Waals surface area contributed by atoms with E-state index in [0.29, 0.717) is 0 Å². The molecule has 1 fully saturated rings. The molecule has 0 aromatic carbocycles. The summed E-state index contributed by atoms with van der Waals surface area (Å²) in [5.74, 6) is -0.489. The molecule has 0 saturated carbocycles. The van der Waals surface area contributed by atoms with Gasteiger partial charge in [-0.05, 0) is 12.8 Å². The van der Waals surface area contributed by atoms with Gasteiger partial charge >= 0.3 is 6.18 Å². The minimum absolute atomic E-state index is 0.0953. The van der Waals surface area contributed by atoms with Crippen molar-refractivity contribution in [1.29, 1.82) is 5.26 Å². The maximum Gasteiger partial charge on any atom is 0.401 e. The van der Waals surface area contributed by atoms with Crippen LogP contribution in [0.4, 0.5) is 13.2 Å². The van der Waals surface area contributed by atoms with Gasteiger partial charge in [-0.1, -0.05) is 0 Å². The van der Waals surface area contributed by atoms with Crippen LogP contribution in [0.2, 0.25) is 0 Å². The van der Waals surface area contributed by atoms with Crippen LogP contribution >= 0.6 is 0 Å². The van der Waals surface area contributed by atoms with E-state index in [2.05, 4.69) is 5.32 Å². The number of rotatable bonds is 2. The number of nitrogens with zero attached hydrogens (tertiary/aromatic N) is 1. The second-order valence-electron chi connectivity index (χ2n) is 3.81. The molecular formula is C8H11F3N2O2S. The van der Waals surface area contributed by atoms with Crippen LogP contribution < -0.4 is 5.32 Å². The van der Waals surface area contributed by atoms with E-state index < -0.39 is 28.1 Å². The summed E-state index contributed by atoms with van der Waals surface area (Å²) in [6.45, 7) is -1.28. The van der Waals surface area contributed by atoms with E-state index in [1.54, 1.807) is 6.07 Å². The Morgan fingerprint density at radius 1 is 1.31 bits per heavy atom. The standard InChI is InChI=1S/C8H11F3N2O2S/c9-8(10,11)6-13-7(5-12)1-3-16(14,15)4-2-7/h13H,1-4,6H2. The van der Waals surface area contributed by atoms with Crippen molar-refractivity contribution in [1.82, 2.24) is 5.32 Å². The minimum atomic E-state index is -4.40. The van der Waals surface area contributed by atoms with Gasteiger partial charge in [0.2, 0.25) is 0 Å². The molecule has 1 aliphatic heterocycles. The molecule has 0 bridgehead atoms. The highest BCUT2D eigenvalue weighted by Gasteiger charge is 2.40. The zero-order valence-corrected chi connectivity index (χ0v) is 9.16. The Kier molecular flexibility index (Phi) is 3.50. The molecular weight excluding hydrogens is 245 g/mol. The van der Waals surface area contributed by atoms with Gasteiger partial charge < -0.3 is 0 Å². The van der Waals surface area contributed by atoms with Crippen LogP contribution in [0.1, 0.15) is 12.8 Å². The lowest BCUT2D eigenvalue weighted by atomic mass is 9.94. The van der Waals surface area contributed by atoms with Crippen LogP contribution in [0.25, 0.3) is 0 Å². The van der Waals surface area contributed by atoms with Crippen molar-refractivity contribution in [3.05, 3.63) is 0 Å². The molecule has 1 saturated heterocycles. The van der Waals surface area contributed by atoms with Crippen LogP contribution in [0.15, 0.2) is 0 Å². The second kappa shape index (κ2) is 4.22. The van der Waals surface area contributed by atoms with Crippen LogP contribution in [-0.2, 0) is 9.84 Å². The molecule has 0 aliphatic carbocycles. The predicted octanol–water partition coefficient (Wildman–Crippen LogP) is 0.609. The van der Waals surface area contributed by atoms with Crippen molar-refractivity contribution in [2.75, 3.05) is 18.1 Å². The SMILES string of the molecule is N#CC1(NCC(F)(F)F)CCS(=O)(=O)CC1. The first-order valence-corrected chi connectivity index (χ1v) is 6.44. The van der Waals surface area contributed by atoms with Gasteiger partial charge in [0.25, 0.3) is 0 Å². The second-order valence-corrected chi connectivity index (χ2v) is 6.12. The van der Waals surface area contributed by atoms with Gasteiger partial charge in [-0.2, -0.15) is 18.4 Å². The summed E-state index contributed by atoms with van der Waals surface area (Å²) in [7, 11) is -3.19.